The Labute approximate surface area is 285 Å². The molecule has 44 heavy (non-hydrogen) atoms. The molecule has 0 radical (unpaired) electrons. The standard InChI is InChI=1S/C19H28BrNO4.C14H20BrNO2.ClH/c1-18(2,3)25-17(22)21-11-16(19(4,5)23)24-12-15(21)10-13-6-8-14(20)9-7-13;1-14(2,17)13-8-16-12(9-18-13)7-10-3-5-11(15)6-4-10;/h6-9,15-16,23H,10-12H2,1-5H3;3-6,12-13,16-17H,7-9H2,1-2H3;1H/t15-,16+;12-,13+;/m00./s1. The van der Waals surface area contributed by atoms with Crippen molar-refractivity contribution in [3.63, 3.8) is 0 Å². The third kappa shape index (κ3) is 12.9. The maximum Gasteiger partial charge on any atom is 0.410 e. The second kappa shape index (κ2) is 16.5. The highest BCUT2D eigenvalue weighted by Gasteiger charge is 2.40. The predicted molar refractivity (Wildman–Crippen MR) is 184 cm³/mol. The number of carbonyl (C=O) groups excluding carboxylic acids is 1. The van der Waals surface area contributed by atoms with Gasteiger partial charge in [-0.1, -0.05) is 56.1 Å². The van der Waals surface area contributed by atoms with Crippen molar-refractivity contribution >= 4 is 50.4 Å². The van der Waals surface area contributed by atoms with Gasteiger partial charge >= 0.3 is 6.09 Å². The highest BCUT2D eigenvalue weighted by atomic mass is 79.9. The van der Waals surface area contributed by atoms with E-state index in [0.717, 1.165) is 20.9 Å². The van der Waals surface area contributed by atoms with Gasteiger partial charge in [0.2, 0.25) is 0 Å². The number of nitrogens with zero attached hydrogens (tertiary/aromatic N) is 1. The monoisotopic (exact) mass is 762 g/mol. The molecule has 2 aliphatic rings. The Morgan fingerprint density at radius 2 is 1.32 bits per heavy atom. The summed E-state index contributed by atoms with van der Waals surface area (Å²) in [4.78, 5) is 14.4. The molecule has 0 spiro atoms. The van der Waals surface area contributed by atoms with Crippen LogP contribution < -0.4 is 5.32 Å². The molecule has 2 saturated heterocycles. The van der Waals surface area contributed by atoms with E-state index in [1.807, 2.05) is 45.0 Å². The van der Waals surface area contributed by atoms with Gasteiger partial charge in [-0.3, -0.25) is 4.90 Å². The molecular weight excluding hydrogens is 716 g/mol. The molecule has 4 atom stereocenters. The van der Waals surface area contributed by atoms with Gasteiger partial charge in [0.15, 0.2) is 0 Å². The van der Waals surface area contributed by atoms with Crippen LogP contribution in [-0.4, -0.2) is 88.6 Å². The van der Waals surface area contributed by atoms with Gasteiger partial charge < -0.3 is 29.7 Å². The molecule has 0 aromatic heterocycles. The third-order valence-electron chi connectivity index (χ3n) is 7.37. The summed E-state index contributed by atoms with van der Waals surface area (Å²) in [6, 6.07) is 16.6. The first kappa shape index (κ1) is 38.9. The normalized spacial score (nSPS) is 22.8. The van der Waals surface area contributed by atoms with Crippen LogP contribution in [0.2, 0.25) is 0 Å². The molecule has 11 heteroatoms. The quantitative estimate of drug-likeness (QED) is 0.317. The number of rotatable bonds is 6. The third-order valence-corrected chi connectivity index (χ3v) is 8.42. The summed E-state index contributed by atoms with van der Waals surface area (Å²) >= 11 is 6.86. The van der Waals surface area contributed by atoms with Crippen LogP contribution in [-0.2, 0) is 27.1 Å². The summed E-state index contributed by atoms with van der Waals surface area (Å²) in [5, 5.41) is 23.6. The van der Waals surface area contributed by atoms with E-state index in [4.69, 9.17) is 14.2 Å². The van der Waals surface area contributed by atoms with Crippen molar-refractivity contribution < 1.29 is 29.2 Å². The number of nitrogens with one attached hydrogen (secondary N) is 1. The fraction of sp³-hybridized carbons (Fsp3) is 0.606. The Morgan fingerprint density at radius 3 is 1.75 bits per heavy atom. The van der Waals surface area contributed by atoms with Crippen molar-refractivity contribution in [1.82, 2.24) is 10.2 Å². The van der Waals surface area contributed by atoms with E-state index < -0.39 is 22.9 Å². The summed E-state index contributed by atoms with van der Waals surface area (Å²) in [6.07, 6.45) is 0.684. The number of hydrogen-bond acceptors (Lipinski definition) is 7. The molecule has 2 aromatic carbocycles. The zero-order valence-corrected chi connectivity index (χ0v) is 30.8. The van der Waals surface area contributed by atoms with E-state index in [1.54, 1.807) is 32.6 Å². The molecule has 0 unspecified atom stereocenters. The molecule has 4 rings (SSSR count). The minimum atomic E-state index is -1.02. The zero-order valence-electron chi connectivity index (χ0n) is 26.8. The van der Waals surface area contributed by atoms with Gasteiger partial charge in [-0.2, -0.15) is 0 Å². The molecule has 1 amide bonds. The lowest BCUT2D eigenvalue weighted by Crippen LogP contribution is -2.59. The Hall–Kier alpha value is -1.24. The summed E-state index contributed by atoms with van der Waals surface area (Å²) in [5.74, 6) is 0. The highest BCUT2D eigenvalue weighted by Crippen LogP contribution is 2.25. The van der Waals surface area contributed by atoms with Gasteiger partial charge in [-0.15, -0.1) is 12.4 Å². The number of benzene rings is 2. The van der Waals surface area contributed by atoms with Crippen molar-refractivity contribution in [2.75, 3.05) is 26.3 Å². The smallest absolute Gasteiger partial charge is 0.410 e. The average molecular weight is 765 g/mol. The van der Waals surface area contributed by atoms with Crippen LogP contribution in [0, 0.1) is 0 Å². The van der Waals surface area contributed by atoms with E-state index in [1.165, 1.54) is 5.56 Å². The maximum atomic E-state index is 12.7. The van der Waals surface area contributed by atoms with Crippen LogP contribution in [0.4, 0.5) is 4.79 Å². The SMILES string of the molecule is CC(C)(C)OC(=O)N1C[C@H](C(C)(C)O)OC[C@@H]1Cc1ccc(Br)cc1.CC(C)(O)[C@H]1CN[C@@H](Cc2ccc(Br)cc2)CO1.Cl. The van der Waals surface area contributed by atoms with Crippen LogP contribution in [0.1, 0.15) is 59.6 Å². The van der Waals surface area contributed by atoms with E-state index in [0.29, 0.717) is 38.8 Å². The van der Waals surface area contributed by atoms with Crippen LogP contribution in [0.25, 0.3) is 0 Å². The lowest BCUT2D eigenvalue weighted by atomic mass is 9.97. The van der Waals surface area contributed by atoms with Gasteiger partial charge in [0.05, 0.1) is 43.1 Å². The Bertz CT molecular complexity index is 1160. The molecule has 2 heterocycles. The van der Waals surface area contributed by atoms with Crippen molar-refractivity contribution in [2.45, 2.75) is 102 Å². The average Bonchev–Trinajstić information content (AvgIpc) is 2.90. The van der Waals surface area contributed by atoms with Gasteiger partial charge in [0.1, 0.15) is 11.7 Å². The van der Waals surface area contributed by atoms with Crippen molar-refractivity contribution in [2.24, 2.45) is 0 Å². The van der Waals surface area contributed by atoms with Crippen LogP contribution in [0.15, 0.2) is 57.5 Å². The Morgan fingerprint density at radius 1 is 0.841 bits per heavy atom. The van der Waals surface area contributed by atoms with Gasteiger partial charge in [-0.05, 0) is 96.7 Å². The topological polar surface area (TPSA) is 100 Å². The molecule has 2 fully saturated rings. The first-order valence-electron chi connectivity index (χ1n) is 14.8. The number of carbonyl (C=O) groups is 1. The highest BCUT2D eigenvalue weighted by molar-refractivity contribution is 9.10. The first-order chi connectivity index (χ1) is 19.9. The number of morpholine rings is 2. The molecule has 0 aliphatic carbocycles. The molecular formula is C33H49Br2ClN2O6. The fourth-order valence-electron chi connectivity index (χ4n) is 4.84. The number of hydrogen-bond donors (Lipinski definition) is 3. The lowest BCUT2D eigenvalue weighted by Gasteiger charge is -2.43. The molecule has 248 valence electrons. The van der Waals surface area contributed by atoms with E-state index >= 15 is 0 Å². The van der Waals surface area contributed by atoms with E-state index in [2.05, 4.69) is 61.4 Å². The molecule has 0 bridgehead atoms. The molecule has 3 N–H and O–H groups in total. The summed E-state index contributed by atoms with van der Waals surface area (Å²) in [5.41, 5.74) is 0.0355. The Kier molecular flexibility index (Phi) is 14.6. The van der Waals surface area contributed by atoms with Crippen molar-refractivity contribution in [1.29, 1.82) is 0 Å². The summed E-state index contributed by atoms with van der Waals surface area (Å²) in [7, 11) is 0. The van der Waals surface area contributed by atoms with Crippen molar-refractivity contribution in [3.8, 4) is 0 Å². The second-order valence-corrected chi connectivity index (χ2v) is 15.3. The number of ether oxygens (including phenoxy) is 3. The molecule has 2 aromatic rings. The predicted octanol–water partition coefficient (Wildman–Crippen LogP) is 6.31. The van der Waals surface area contributed by atoms with Gasteiger partial charge in [-0.25, -0.2) is 4.79 Å². The number of aliphatic hydroxyl groups is 2. The minimum Gasteiger partial charge on any atom is -0.444 e. The van der Waals surface area contributed by atoms with Crippen LogP contribution in [0.3, 0.4) is 0 Å². The number of amides is 1. The zero-order chi connectivity index (χ0) is 32.0. The fourth-order valence-corrected chi connectivity index (χ4v) is 5.37. The minimum absolute atomic E-state index is 0. The van der Waals surface area contributed by atoms with Crippen LogP contribution >= 0.6 is 44.3 Å². The first-order valence-corrected chi connectivity index (χ1v) is 16.4. The lowest BCUT2D eigenvalue weighted by molar-refractivity contribution is -0.141. The van der Waals surface area contributed by atoms with Crippen molar-refractivity contribution in [3.05, 3.63) is 68.6 Å². The molecule has 2 aliphatic heterocycles. The second-order valence-electron chi connectivity index (χ2n) is 13.5. The number of halogens is 3. The summed E-state index contributed by atoms with van der Waals surface area (Å²) in [6.45, 7) is 14.5. The van der Waals surface area contributed by atoms with E-state index in [-0.39, 0.29) is 30.6 Å². The van der Waals surface area contributed by atoms with E-state index in [9.17, 15) is 15.0 Å². The Balaban J connectivity index is 0.000000315. The maximum absolute atomic E-state index is 12.7. The largest absolute Gasteiger partial charge is 0.444 e. The molecule has 8 nitrogen and oxygen atoms in total. The van der Waals surface area contributed by atoms with Gasteiger partial charge in [0.25, 0.3) is 0 Å². The van der Waals surface area contributed by atoms with Gasteiger partial charge in [0, 0.05) is 21.5 Å². The summed E-state index contributed by atoms with van der Waals surface area (Å²) < 4.78 is 19.3. The molecule has 0 saturated carbocycles. The van der Waals surface area contributed by atoms with Crippen LogP contribution in [0.5, 0.6) is 0 Å².